The number of nitrogens with zero attached hydrogens (tertiary/aromatic N) is 2. The van der Waals surface area contributed by atoms with Crippen LogP contribution in [0.5, 0.6) is 0 Å². The summed E-state index contributed by atoms with van der Waals surface area (Å²) >= 11 is 0. The normalized spacial score (nSPS) is 11.2. The standard InChI is InChI=1S/C13H24N4/c1-10(2)17(4)7-5-6-15-13-12(14)8-11(3)9-16-13/h8-10H,5-7,14H2,1-4H3,(H,15,16). The number of hydrogen-bond donors (Lipinski definition) is 2. The lowest BCUT2D eigenvalue weighted by molar-refractivity contribution is 0.273. The molecule has 17 heavy (non-hydrogen) atoms. The molecule has 1 aromatic rings. The fourth-order valence-electron chi connectivity index (χ4n) is 1.53. The number of anilines is 2. The van der Waals surface area contributed by atoms with Crippen LogP contribution in [0.1, 0.15) is 25.8 Å². The molecule has 0 aromatic carbocycles. The Morgan fingerprint density at radius 1 is 1.47 bits per heavy atom. The fourth-order valence-corrected chi connectivity index (χ4v) is 1.53. The van der Waals surface area contributed by atoms with Crippen LogP contribution >= 0.6 is 0 Å². The second-order valence-corrected chi connectivity index (χ2v) is 4.81. The quantitative estimate of drug-likeness (QED) is 0.743. The Kier molecular flexibility index (Phi) is 5.22. The fraction of sp³-hybridized carbons (Fsp3) is 0.615. The summed E-state index contributed by atoms with van der Waals surface area (Å²) in [4.78, 5) is 6.61. The zero-order valence-corrected chi connectivity index (χ0v) is 11.3. The summed E-state index contributed by atoms with van der Waals surface area (Å²) in [6, 6.07) is 2.54. The van der Waals surface area contributed by atoms with E-state index in [2.05, 4.69) is 36.1 Å². The van der Waals surface area contributed by atoms with Crippen molar-refractivity contribution >= 4 is 11.5 Å². The Labute approximate surface area is 104 Å². The van der Waals surface area contributed by atoms with E-state index in [1.165, 1.54) is 0 Å². The van der Waals surface area contributed by atoms with Crippen LogP contribution in [0.2, 0.25) is 0 Å². The van der Waals surface area contributed by atoms with Gasteiger partial charge < -0.3 is 16.0 Å². The first-order chi connectivity index (χ1) is 8.00. The van der Waals surface area contributed by atoms with Crippen LogP contribution in [0.15, 0.2) is 12.3 Å². The summed E-state index contributed by atoms with van der Waals surface area (Å²) in [5, 5.41) is 3.27. The molecule has 0 aliphatic rings. The average Bonchev–Trinajstić information content (AvgIpc) is 2.26. The third-order valence-corrected chi connectivity index (χ3v) is 2.92. The summed E-state index contributed by atoms with van der Waals surface area (Å²) in [6.45, 7) is 8.37. The molecule has 0 aliphatic heterocycles. The largest absolute Gasteiger partial charge is 0.396 e. The van der Waals surface area contributed by atoms with Crippen molar-refractivity contribution in [2.75, 3.05) is 31.2 Å². The lowest BCUT2D eigenvalue weighted by Crippen LogP contribution is -2.28. The molecule has 1 rings (SSSR count). The molecular weight excluding hydrogens is 212 g/mol. The Balaban J connectivity index is 2.31. The zero-order chi connectivity index (χ0) is 12.8. The minimum atomic E-state index is 0.595. The van der Waals surface area contributed by atoms with Crippen LogP contribution in [0, 0.1) is 6.92 Å². The lowest BCUT2D eigenvalue weighted by atomic mass is 10.3. The Morgan fingerprint density at radius 3 is 2.76 bits per heavy atom. The molecule has 0 saturated heterocycles. The molecule has 4 nitrogen and oxygen atoms in total. The first-order valence-electron chi connectivity index (χ1n) is 6.17. The third kappa shape index (κ3) is 4.61. The van der Waals surface area contributed by atoms with E-state index in [1.54, 1.807) is 0 Å². The molecule has 0 aliphatic carbocycles. The summed E-state index contributed by atoms with van der Waals surface area (Å²) in [5.74, 6) is 0.794. The molecule has 0 bridgehead atoms. The zero-order valence-electron chi connectivity index (χ0n) is 11.3. The minimum Gasteiger partial charge on any atom is -0.396 e. The van der Waals surface area contributed by atoms with E-state index in [1.807, 2.05) is 19.2 Å². The molecule has 0 amide bonds. The maximum Gasteiger partial charge on any atom is 0.149 e. The van der Waals surface area contributed by atoms with Crippen LogP contribution in [-0.2, 0) is 0 Å². The van der Waals surface area contributed by atoms with Crippen LogP contribution < -0.4 is 11.1 Å². The van der Waals surface area contributed by atoms with Gasteiger partial charge in [-0.2, -0.15) is 0 Å². The second-order valence-electron chi connectivity index (χ2n) is 4.81. The van der Waals surface area contributed by atoms with E-state index >= 15 is 0 Å². The number of aryl methyl sites for hydroxylation is 1. The van der Waals surface area contributed by atoms with E-state index in [-0.39, 0.29) is 0 Å². The third-order valence-electron chi connectivity index (χ3n) is 2.92. The van der Waals surface area contributed by atoms with Crippen molar-refractivity contribution < 1.29 is 0 Å². The molecule has 0 spiro atoms. The van der Waals surface area contributed by atoms with Crippen LogP contribution in [0.4, 0.5) is 11.5 Å². The predicted octanol–water partition coefficient (Wildman–Crippen LogP) is 2.11. The molecule has 4 heteroatoms. The van der Waals surface area contributed by atoms with Crippen molar-refractivity contribution in [1.82, 2.24) is 9.88 Å². The summed E-state index contributed by atoms with van der Waals surface area (Å²) in [6.07, 6.45) is 2.92. The number of rotatable bonds is 6. The monoisotopic (exact) mass is 236 g/mol. The maximum absolute atomic E-state index is 5.88. The lowest BCUT2D eigenvalue weighted by Gasteiger charge is -2.20. The first kappa shape index (κ1) is 13.8. The molecule has 0 radical (unpaired) electrons. The topological polar surface area (TPSA) is 54.2 Å². The highest BCUT2D eigenvalue weighted by Gasteiger charge is 2.03. The number of hydrogen-bond acceptors (Lipinski definition) is 4. The Bertz CT molecular complexity index is 349. The van der Waals surface area contributed by atoms with Gasteiger partial charge in [-0.05, 0) is 52.4 Å². The van der Waals surface area contributed by atoms with E-state index in [0.717, 1.165) is 36.6 Å². The predicted molar refractivity (Wildman–Crippen MR) is 74.3 cm³/mol. The molecule has 3 N–H and O–H groups in total. The second kappa shape index (κ2) is 6.45. The van der Waals surface area contributed by atoms with E-state index in [4.69, 9.17) is 5.73 Å². The van der Waals surface area contributed by atoms with Crippen molar-refractivity contribution in [2.45, 2.75) is 33.2 Å². The number of nitrogens with one attached hydrogen (secondary N) is 1. The van der Waals surface area contributed by atoms with Gasteiger partial charge in [-0.15, -0.1) is 0 Å². The van der Waals surface area contributed by atoms with Crippen molar-refractivity contribution in [3.05, 3.63) is 17.8 Å². The molecule has 0 atom stereocenters. The van der Waals surface area contributed by atoms with Crippen molar-refractivity contribution in [1.29, 1.82) is 0 Å². The maximum atomic E-state index is 5.88. The van der Waals surface area contributed by atoms with E-state index in [0.29, 0.717) is 6.04 Å². The number of nitrogen functional groups attached to an aromatic ring is 1. The van der Waals surface area contributed by atoms with Gasteiger partial charge in [0, 0.05) is 18.8 Å². The number of pyridine rings is 1. The van der Waals surface area contributed by atoms with Crippen molar-refractivity contribution in [2.24, 2.45) is 0 Å². The first-order valence-corrected chi connectivity index (χ1v) is 6.17. The Hall–Kier alpha value is -1.29. The van der Waals surface area contributed by atoms with Gasteiger partial charge in [0.05, 0.1) is 5.69 Å². The average molecular weight is 236 g/mol. The molecule has 1 heterocycles. The summed E-state index contributed by atoms with van der Waals surface area (Å²) in [5.41, 5.74) is 7.69. The summed E-state index contributed by atoms with van der Waals surface area (Å²) in [7, 11) is 2.14. The van der Waals surface area contributed by atoms with Crippen LogP contribution in [0.3, 0.4) is 0 Å². The van der Waals surface area contributed by atoms with Crippen molar-refractivity contribution in [3.8, 4) is 0 Å². The van der Waals surface area contributed by atoms with E-state index < -0.39 is 0 Å². The Morgan fingerprint density at radius 2 is 2.18 bits per heavy atom. The molecule has 0 saturated carbocycles. The molecule has 1 aromatic heterocycles. The highest BCUT2D eigenvalue weighted by molar-refractivity contribution is 5.61. The van der Waals surface area contributed by atoms with Gasteiger partial charge in [-0.3, -0.25) is 0 Å². The van der Waals surface area contributed by atoms with Crippen LogP contribution in [0.25, 0.3) is 0 Å². The molecule has 0 unspecified atom stereocenters. The van der Waals surface area contributed by atoms with E-state index in [9.17, 15) is 0 Å². The van der Waals surface area contributed by atoms with Gasteiger partial charge in [0.1, 0.15) is 5.82 Å². The van der Waals surface area contributed by atoms with Gasteiger partial charge in [0.15, 0.2) is 0 Å². The van der Waals surface area contributed by atoms with Gasteiger partial charge in [-0.25, -0.2) is 4.98 Å². The highest BCUT2D eigenvalue weighted by Crippen LogP contribution is 2.15. The van der Waals surface area contributed by atoms with Gasteiger partial charge in [0.25, 0.3) is 0 Å². The van der Waals surface area contributed by atoms with Crippen molar-refractivity contribution in [3.63, 3.8) is 0 Å². The number of nitrogens with two attached hydrogens (primary N) is 1. The smallest absolute Gasteiger partial charge is 0.149 e. The van der Waals surface area contributed by atoms with Gasteiger partial charge in [-0.1, -0.05) is 0 Å². The molecule has 96 valence electrons. The minimum absolute atomic E-state index is 0.595. The highest BCUT2D eigenvalue weighted by atomic mass is 15.1. The molecule has 0 fully saturated rings. The molecular formula is C13H24N4. The van der Waals surface area contributed by atoms with Crippen LogP contribution in [-0.4, -0.2) is 36.1 Å². The summed E-state index contributed by atoms with van der Waals surface area (Å²) < 4.78 is 0. The number of aromatic nitrogens is 1. The van der Waals surface area contributed by atoms with Gasteiger partial charge >= 0.3 is 0 Å². The SMILES string of the molecule is Cc1cnc(NCCCN(C)C(C)C)c(N)c1. The van der Waals surface area contributed by atoms with Gasteiger partial charge in [0.2, 0.25) is 0 Å².